The van der Waals surface area contributed by atoms with Gasteiger partial charge in [0.1, 0.15) is 5.82 Å². The number of aromatic nitrogens is 2. The van der Waals surface area contributed by atoms with Crippen LogP contribution in [0.5, 0.6) is 0 Å². The molecule has 7 heteroatoms. The fourth-order valence-corrected chi connectivity index (χ4v) is 4.34. The lowest BCUT2D eigenvalue weighted by Gasteiger charge is -2.40. The third-order valence-electron chi connectivity index (χ3n) is 6.02. The van der Waals surface area contributed by atoms with E-state index >= 15 is 0 Å². The summed E-state index contributed by atoms with van der Waals surface area (Å²) < 4.78 is 19.5. The number of benzene rings is 1. The summed E-state index contributed by atoms with van der Waals surface area (Å²) in [5.41, 5.74) is 0.937. The summed E-state index contributed by atoms with van der Waals surface area (Å²) in [6, 6.07) is 10.4. The van der Waals surface area contributed by atoms with Crippen LogP contribution in [0.3, 0.4) is 0 Å². The molecule has 2 aliphatic heterocycles. The summed E-state index contributed by atoms with van der Waals surface area (Å²) in [7, 11) is 0. The summed E-state index contributed by atoms with van der Waals surface area (Å²) in [4.78, 5) is 17.9. The summed E-state index contributed by atoms with van der Waals surface area (Å²) in [6.07, 6.45) is 2.02. The van der Waals surface area contributed by atoms with Crippen LogP contribution < -0.4 is 4.90 Å². The molecule has 2 aromatic rings. The second-order valence-electron chi connectivity index (χ2n) is 7.87. The van der Waals surface area contributed by atoms with Crippen molar-refractivity contribution >= 4 is 11.7 Å². The predicted molar refractivity (Wildman–Crippen MR) is 108 cm³/mol. The molecule has 0 atom stereocenters. The van der Waals surface area contributed by atoms with E-state index in [-0.39, 0.29) is 11.7 Å². The third kappa shape index (κ3) is 4.10. The standard InChI is InChI=1S/C22H27FN4O2/c1-17-6-7-20(25-24-17)26-10-3-11-27(13-12-26)21(28)22(8-14-29-15-9-22)18-4-2-5-19(23)16-18/h2,4-7,16H,3,8-15H2,1H3. The van der Waals surface area contributed by atoms with Gasteiger partial charge in [-0.05, 0) is 56.0 Å². The smallest absolute Gasteiger partial charge is 0.233 e. The molecule has 3 heterocycles. The quantitative estimate of drug-likeness (QED) is 0.796. The number of ether oxygens (including phenoxy) is 1. The Bertz CT molecular complexity index is 852. The zero-order valence-electron chi connectivity index (χ0n) is 16.8. The van der Waals surface area contributed by atoms with Crippen LogP contribution in [0.2, 0.25) is 0 Å². The van der Waals surface area contributed by atoms with Gasteiger partial charge >= 0.3 is 0 Å². The van der Waals surface area contributed by atoms with Crippen molar-refractivity contribution in [1.82, 2.24) is 15.1 Å². The van der Waals surface area contributed by atoms with Crippen LogP contribution in [0.25, 0.3) is 0 Å². The number of halogens is 1. The summed E-state index contributed by atoms with van der Waals surface area (Å²) in [5.74, 6) is 0.625. The Morgan fingerprint density at radius 1 is 1.07 bits per heavy atom. The minimum atomic E-state index is -0.709. The van der Waals surface area contributed by atoms with Crippen molar-refractivity contribution in [2.75, 3.05) is 44.3 Å². The lowest BCUT2D eigenvalue weighted by molar-refractivity contribution is -0.141. The van der Waals surface area contributed by atoms with E-state index < -0.39 is 5.41 Å². The average molecular weight is 398 g/mol. The van der Waals surface area contributed by atoms with E-state index in [4.69, 9.17) is 4.74 Å². The van der Waals surface area contributed by atoms with E-state index in [9.17, 15) is 9.18 Å². The Morgan fingerprint density at radius 3 is 2.62 bits per heavy atom. The molecule has 0 spiro atoms. The lowest BCUT2D eigenvalue weighted by atomic mass is 9.73. The van der Waals surface area contributed by atoms with Crippen molar-refractivity contribution in [1.29, 1.82) is 0 Å². The van der Waals surface area contributed by atoms with Crippen molar-refractivity contribution < 1.29 is 13.9 Å². The summed E-state index contributed by atoms with van der Waals surface area (Å²) in [5, 5.41) is 8.44. The normalized spacial score (nSPS) is 19.7. The molecule has 1 aromatic carbocycles. The van der Waals surface area contributed by atoms with Gasteiger partial charge in [0, 0.05) is 39.4 Å². The molecule has 1 amide bonds. The molecular formula is C22H27FN4O2. The fraction of sp³-hybridized carbons (Fsp3) is 0.500. The maximum atomic E-state index is 14.0. The molecule has 0 unspecified atom stereocenters. The van der Waals surface area contributed by atoms with Crippen molar-refractivity contribution in [2.45, 2.75) is 31.6 Å². The van der Waals surface area contributed by atoms with Crippen molar-refractivity contribution in [2.24, 2.45) is 0 Å². The largest absolute Gasteiger partial charge is 0.381 e. The molecule has 0 aliphatic carbocycles. The molecule has 2 aliphatic rings. The van der Waals surface area contributed by atoms with E-state index in [1.807, 2.05) is 30.0 Å². The van der Waals surface area contributed by atoms with Crippen LogP contribution in [-0.4, -0.2) is 60.4 Å². The molecule has 0 bridgehead atoms. The van der Waals surface area contributed by atoms with Gasteiger partial charge in [-0.1, -0.05) is 12.1 Å². The van der Waals surface area contributed by atoms with E-state index in [0.717, 1.165) is 30.0 Å². The van der Waals surface area contributed by atoms with Gasteiger partial charge in [-0.25, -0.2) is 4.39 Å². The highest BCUT2D eigenvalue weighted by molar-refractivity contribution is 5.88. The third-order valence-corrected chi connectivity index (χ3v) is 6.02. The SMILES string of the molecule is Cc1ccc(N2CCCN(C(=O)C3(c4cccc(F)c4)CCOCC3)CC2)nn1. The lowest BCUT2D eigenvalue weighted by Crippen LogP contribution is -2.51. The molecule has 2 saturated heterocycles. The molecule has 29 heavy (non-hydrogen) atoms. The van der Waals surface area contributed by atoms with Crippen molar-refractivity contribution in [3.05, 3.63) is 53.5 Å². The van der Waals surface area contributed by atoms with Crippen molar-refractivity contribution in [3.8, 4) is 0 Å². The molecule has 2 fully saturated rings. The second-order valence-corrected chi connectivity index (χ2v) is 7.87. The Hall–Kier alpha value is -2.54. The molecule has 0 saturated carbocycles. The molecule has 1 aromatic heterocycles. The first kappa shape index (κ1) is 19.8. The van der Waals surface area contributed by atoms with Gasteiger partial charge in [-0.3, -0.25) is 4.79 Å². The van der Waals surface area contributed by atoms with Gasteiger partial charge in [0.15, 0.2) is 5.82 Å². The monoisotopic (exact) mass is 398 g/mol. The zero-order chi connectivity index (χ0) is 20.3. The minimum absolute atomic E-state index is 0.0863. The van der Waals surface area contributed by atoms with E-state index in [1.54, 1.807) is 6.07 Å². The average Bonchev–Trinajstić information content (AvgIpc) is 3.00. The number of amides is 1. The number of anilines is 1. The van der Waals surface area contributed by atoms with Crippen LogP contribution in [0, 0.1) is 12.7 Å². The van der Waals surface area contributed by atoms with E-state index in [0.29, 0.717) is 45.7 Å². The van der Waals surface area contributed by atoms with Gasteiger partial charge in [0.25, 0.3) is 0 Å². The number of rotatable bonds is 3. The van der Waals surface area contributed by atoms with Crippen LogP contribution in [0.15, 0.2) is 36.4 Å². The van der Waals surface area contributed by atoms with Crippen LogP contribution in [-0.2, 0) is 14.9 Å². The topological polar surface area (TPSA) is 58.6 Å². The van der Waals surface area contributed by atoms with Crippen LogP contribution in [0.1, 0.15) is 30.5 Å². The summed E-state index contributed by atoms with van der Waals surface area (Å²) in [6.45, 7) is 5.79. The Morgan fingerprint density at radius 2 is 1.90 bits per heavy atom. The second kappa shape index (κ2) is 8.45. The minimum Gasteiger partial charge on any atom is -0.381 e. The molecule has 0 radical (unpaired) electrons. The Balaban J connectivity index is 1.54. The molecule has 0 N–H and O–H groups in total. The first-order chi connectivity index (χ1) is 14.1. The predicted octanol–water partition coefficient (Wildman–Crippen LogP) is 2.71. The molecule has 4 rings (SSSR count). The Kier molecular flexibility index (Phi) is 5.76. The number of carbonyl (C=O) groups is 1. The van der Waals surface area contributed by atoms with Crippen LogP contribution >= 0.6 is 0 Å². The number of carbonyl (C=O) groups excluding carboxylic acids is 1. The molecular weight excluding hydrogens is 371 g/mol. The molecule has 154 valence electrons. The highest BCUT2D eigenvalue weighted by Gasteiger charge is 2.44. The first-order valence-corrected chi connectivity index (χ1v) is 10.3. The first-order valence-electron chi connectivity index (χ1n) is 10.3. The number of nitrogens with zero attached hydrogens (tertiary/aromatic N) is 4. The fourth-order valence-electron chi connectivity index (χ4n) is 4.34. The van der Waals surface area contributed by atoms with E-state index in [2.05, 4.69) is 15.1 Å². The van der Waals surface area contributed by atoms with Gasteiger partial charge in [0.2, 0.25) is 5.91 Å². The maximum Gasteiger partial charge on any atom is 0.233 e. The Labute approximate surface area is 170 Å². The highest BCUT2D eigenvalue weighted by atomic mass is 19.1. The zero-order valence-corrected chi connectivity index (χ0v) is 16.8. The summed E-state index contributed by atoms with van der Waals surface area (Å²) >= 11 is 0. The van der Waals surface area contributed by atoms with Gasteiger partial charge in [-0.15, -0.1) is 5.10 Å². The molecule has 6 nitrogen and oxygen atoms in total. The van der Waals surface area contributed by atoms with Crippen molar-refractivity contribution in [3.63, 3.8) is 0 Å². The van der Waals surface area contributed by atoms with Gasteiger partial charge in [-0.2, -0.15) is 5.10 Å². The van der Waals surface area contributed by atoms with E-state index in [1.165, 1.54) is 12.1 Å². The number of aryl methyl sites for hydroxylation is 1. The number of hydrogen-bond donors (Lipinski definition) is 0. The van der Waals surface area contributed by atoms with Gasteiger partial charge < -0.3 is 14.5 Å². The van der Waals surface area contributed by atoms with Gasteiger partial charge in [0.05, 0.1) is 11.1 Å². The number of hydrogen-bond acceptors (Lipinski definition) is 5. The maximum absolute atomic E-state index is 14.0. The highest BCUT2D eigenvalue weighted by Crippen LogP contribution is 2.37. The van der Waals surface area contributed by atoms with Crippen LogP contribution in [0.4, 0.5) is 10.2 Å².